The van der Waals surface area contributed by atoms with E-state index in [0.717, 1.165) is 55.2 Å². The molecule has 0 N–H and O–H groups in total. The summed E-state index contributed by atoms with van der Waals surface area (Å²) in [5.41, 5.74) is 1.39. The fourth-order valence-electron chi connectivity index (χ4n) is 11.4. The molecule has 1 unspecified atom stereocenters. The molecule has 1 aromatic rings. The van der Waals surface area contributed by atoms with Crippen molar-refractivity contribution in [3.63, 3.8) is 0 Å². The number of hydrogen-bond acceptors (Lipinski definition) is 2. The average molecular weight is 695 g/mol. The van der Waals surface area contributed by atoms with Crippen LogP contribution in [0, 0.1) is 35.5 Å². The fourth-order valence-corrected chi connectivity index (χ4v) is 18.3. The molecule has 2 nitrogen and oxygen atoms in total. The van der Waals surface area contributed by atoms with Gasteiger partial charge < -0.3 is 0 Å². The third kappa shape index (κ3) is 3.94. The second kappa shape index (κ2) is 8.81. The van der Waals surface area contributed by atoms with Crippen LogP contribution >= 0.6 is 17.1 Å². The summed E-state index contributed by atoms with van der Waals surface area (Å²) in [5, 5.41) is 3.11. The molecule has 0 spiro atoms. The van der Waals surface area contributed by atoms with Gasteiger partial charge in [0.15, 0.2) is 0 Å². The first kappa shape index (κ1) is 23.5. The van der Waals surface area contributed by atoms with Crippen LogP contribution in [0.3, 0.4) is 0 Å². The van der Waals surface area contributed by atoms with Crippen molar-refractivity contribution in [3.05, 3.63) is 29.8 Å². The van der Waals surface area contributed by atoms with Crippen molar-refractivity contribution in [2.75, 3.05) is 19.7 Å². The zero-order valence-corrected chi connectivity index (χ0v) is 24.8. The Morgan fingerprint density at radius 2 is 1.20 bits per heavy atom. The molecular weight excluding hydrogens is 654 g/mol. The molecule has 1 aliphatic heterocycles. The Labute approximate surface area is 226 Å². The van der Waals surface area contributed by atoms with E-state index in [1.54, 1.807) is 82.4 Å². The van der Waals surface area contributed by atoms with Crippen molar-refractivity contribution in [1.82, 2.24) is 3.30 Å². The Balaban J connectivity index is 1.17. The number of rotatable bonds is 5. The Morgan fingerprint density at radius 1 is 0.743 bits per heavy atom. The van der Waals surface area contributed by atoms with Crippen LogP contribution in [0.2, 0.25) is 0 Å². The summed E-state index contributed by atoms with van der Waals surface area (Å²) >= 11 is -0.243. The zero-order chi connectivity index (χ0) is 23.2. The fraction of sp³-hybridized carbons (Fsp3) is 0.800. The van der Waals surface area contributed by atoms with Gasteiger partial charge in [-0.05, 0) is 0 Å². The van der Waals surface area contributed by atoms with Crippen molar-refractivity contribution in [1.29, 1.82) is 0 Å². The summed E-state index contributed by atoms with van der Waals surface area (Å²) in [6.45, 7) is 2.80. The summed E-state index contributed by atoms with van der Waals surface area (Å²) in [6, 6.07) is 10.2. The van der Waals surface area contributed by atoms with Gasteiger partial charge in [-0.1, -0.05) is 0 Å². The summed E-state index contributed by atoms with van der Waals surface area (Å²) in [4.78, 5) is 0. The van der Waals surface area contributed by atoms with Crippen LogP contribution < -0.4 is 5.30 Å². The summed E-state index contributed by atoms with van der Waals surface area (Å²) in [7, 11) is 6.16. The van der Waals surface area contributed by atoms with E-state index >= 15 is 0 Å². The van der Waals surface area contributed by atoms with Gasteiger partial charge in [-0.2, -0.15) is 0 Å². The van der Waals surface area contributed by atoms with E-state index in [9.17, 15) is 0 Å². The molecule has 1 aromatic carbocycles. The van der Waals surface area contributed by atoms with Crippen molar-refractivity contribution in [2.24, 2.45) is 35.5 Å². The second-order valence-electron chi connectivity index (χ2n) is 13.9. The summed E-state index contributed by atoms with van der Waals surface area (Å²) in [5.74, 6) is 6.33. The molecule has 1 saturated heterocycles. The first-order valence-electron chi connectivity index (χ1n) is 14.6. The minimum atomic E-state index is -0.243. The van der Waals surface area contributed by atoms with Crippen LogP contribution in [-0.4, -0.2) is 33.3 Å². The molecule has 8 bridgehead atoms. The molecule has 0 radical (unpaired) electrons. The van der Waals surface area contributed by atoms with E-state index in [1.165, 1.54) is 5.56 Å². The van der Waals surface area contributed by atoms with Crippen LogP contribution in [-0.2, 0) is 23.7 Å². The van der Waals surface area contributed by atoms with Gasteiger partial charge in [0.05, 0.1) is 0 Å². The van der Waals surface area contributed by atoms with Crippen molar-refractivity contribution in [3.8, 4) is 0 Å². The molecule has 5 heteroatoms. The number of benzene rings is 1. The van der Waals surface area contributed by atoms with E-state index in [0.29, 0.717) is 10.3 Å². The Bertz CT molecular complexity index is 853. The predicted octanol–water partition coefficient (Wildman–Crippen LogP) is 7.26. The normalized spacial score (nSPS) is 49.1. The topological polar surface area (TPSA) is 12.5 Å². The Hall–Kier alpha value is 0.600. The number of morpholine rings is 1. The Kier molecular flexibility index (Phi) is 5.91. The molecule has 8 saturated carbocycles. The van der Waals surface area contributed by atoms with E-state index < -0.39 is 0 Å². The number of halogens is 1. The monoisotopic (exact) mass is 694 g/mol. The first-order valence-corrected chi connectivity index (χ1v) is 19.6. The molecule has 1 heterocycles. The number of nitrogens with zero attached hydrogens (tertiary/aromatic N) is 1. The summed E-state index contributed by atoms with van der Waals surface area (Å²) < 4.78 is 8.64. The quantitative estimate of drug-likeness (QED) is 0.238. The molecule has 35 heavy (non-hydrogen) atoms. The van der Waals surface area contributed by atoms with Gasteiger partial charge in [0, 0.05) is 0 Å². The van der Waals surface area contributed by atoms with E-state index in [-0.39, 0.29) is 33.0 Å². The molecule has 1 atom stereocenters. The number of ether oxygens (including phenoxy) is 1. The van der Waals surface area contributed by atoms with Gasteiger partial charge in [0.1, 0.15) is 0 Å². The van der Waals surface area contributed by atoms with Crippen molar-refractivity contribution < 1.29 is 23.7 Å². The van der Waals surface area contributed by atoms with Crippen LogP contribution in [0.25, 0.3) is 0 Å². The molecule has 9 aliphatic rings. The van der Waals surface area contributed by atoms with E-state index in [2.05, 4.69) is 27.6 Å². The third-order valence-corrected chi connectivity index (χ3v) is 17.9. The average Bonchev–Trinajstić information content (AvgIpc) is 2.82. The molecule has 10 rings (SSSR count). The first-order chi connectivity index (χ1) is 17.1. The van der Waals surface area contributed by atoms with Gasteiger partial charge in [0.2, 0.25) is 0 Å². The van der Waals surface area contributed by atoms with Gasteiger partial charge in [-0.25, -0.2) is 0 Å². The van der Waals surface area contributed by atoms with Gasteiger partial charge in [-0.3, -0.25) is 0 Å². The third-order valence-electron chi connectivity index (χ3n) is 11.5. The summed E-state index contributed by atoms with van der Waals surface area (Å²) in [6.07, 6.45) is 19.1. The maximum absolute atomic E-state index is 6.27. The van der Waals surface area contributed by atoms with E-state index in [4.69, 9.17) is 13.9 Å². The molecule has 8 aliphatic carbocycles. The molecule has 9 fully saturated rings. The van der Waals surface area contributed by atoms with Gasteiger partial charge >= 0.3 is 228 Å². The van der Waals surface area contributed by atoms with Crippen LogP contribution in [0.1, 0.15) is 88.7 Å². The second-order valence-corrected chi connectivity index (χ2v) is 19.6. The van der Waals surface area contributed by atoms with Crippen LogP contribution in [0.5, 0.6) is 0 Å². The SMILES string of the molecule is [Cl][Au][N]1CCOC(c2ccc(P(C34CC5CC(CC(C5)C3)C4)C34CC5CC(CC(C5)C3)C4)cc2)C1. The standard InChI is InChI=1S/C30H41NOP.Au.ClH/c1-3-27(4-2-26(1)28-19-31-5-6-32-28)33(29-13-20-7-21(14-29)9-22(8-20)15-29)30-16-23-10-24(17-30)12-25(11-23)18-30;;/h1-4,20-25,28H,5-19H2;;1H/q-1;+2;/p-1. The minimum absolute atomic E-state index is 0.113. The zero-order valence-electron chi connectivity index (χ0n) is 20.9. The van der Waals surface area contributed by atoms with Gasteiger partial charge in [0.25, 0.3) is 0 Å². The number of hydrogen-bond donors (Lipinski definition) is 0. The van der Waals surface area contributed by atoms with E-state index in [1.807, 2.05) is 0 Å². The van der Waals surface area contributed by atoms with Crippen LogP contribution in [0.15, 0.2) is 24.3 Å². The Morgan fingerprint density at radius 3 is 1.63 bits per heavy atom. The van der Waals surface area contributed by atoms with Crippen molar-refractivity contribution in [2.45, 2.75) is 93.5 Å². The molecule has 0 amide bonds. The molecule has 195 valence electrons. The van der Waals surface area contributed by atoms with Gasteiger partial charge in [-0.15, -0.1) is 0 Å². The maximum atomic E-state index is 6.27. The van der Waals surface area contributed by atoms with Crippen LogP contribution in [0.4, 0.5) is 0 Å². The molecular formula is C30H41AuClNOP. The van der Waals surface area contributed by atoms with Crippen molar-refractivity contribution >= 4 is 22.4 Å². The predicted molar refractivity (Wildman–Crippen MR) is 141 cm³/mol. The molecule has 0 aromatic heterocycles.